The minimum absolute atomic E-state index is 0.0605. The van der Waals surface area contributed by atoms with Gasteiger partial charge in [0.1, 0.15) is 11.6 Å². The molecule has 0 fully saturated rings. The van der Waals surface area contributed by atoms with Crippen molar-refractivity contribution in [3.63, 3.8) is 0 Å². The van der Waals surface area contributed by atoms with Crippen molar-refractivity contribution in [3.8, 4) is 17.0 Å². The topological polar surface area (TPSA) is 48.1 Å². The van der Waals surface area contributed by atoms with E-state index in [0.717, 1.165) is 5.56 Å². The lowest BCUT2D eigenvalue weighted by Crippen LogP contribution is -2.14. The fourth-order valence-electron chi connectivity index (χ4n) is 2.46. The number of hydrogen-bond donors (Lipinski definition) is 0. The van der Waals surface area contributed by atoms with Crippen molar-refractivity contribution in [1.82, 2.24) is 4.68 Å². The minimum Gasteiger partial charge on any atom is -0.435 e. The molecule has 0 saturated heterocycles. The zero-order valence-electron chi connectivity index (χ0n) is 15.5. The summed E-state index contributed by atoms with van der Waals surface area (Å²) in [6.45, 7) is -2.00. The Kier molecular flexibility index (Phi) is 7.20. The van der Waals surface area contributed by atoms with E-state index >= 15 is 0 Å². The number of benzene rings is 2. The van der Waals surface area contributed by atoms with Gasteiger partial charge < -0.3 is 9.47 Å². The predicted octanol–water partition coefficient (Wildman–Crippen LogP) is 4.39. The molecule has 5 nitrogen and oxygen atoms in total. The van der Waals surface area contributed by atoms with Crippen LogP contribution in [-0.4, -0.2) is 37.8 Å². The lowest BCUT2D eigenvalue weighted by molar-refractivity contribution is -0.0498. The zero-order chi connectivity index (χ0) is 20.6. The van der Waals surface area contributed by atoms with Gasteiger partial charge in [-0.3, -0.25) is 4.99 Å². The molecule has 29 heavy (non-hydrogen) atoms. The van der Waals surface area contributed by atoms with E-state index in [1.165, 1.54) is 35.8 Å². The average Bonchev–Trinajstić information content (AvgIpc) is 3.10. The van der Waals surface area contributed by atoms with Gasteiger partial charge in [-0.05, 0) is 30.3 Å². The molecule has 152 valence electrons. The van der Waals surface area contributed by atoms with Gasteiger partial charge >= 0.3 is 6.61 Å². The largest absolute Gasteiger partial charge is 0.435 e. The number of rotatable bonds is 8. The predicted molar refractivity (Wildman–Crippen MR) is 106 cm³/mol. The standard InChI is InChI=1S/C20H18F3N3O2S/c1-27-11-10-24-20-26(25-12-15-4-2-3-5-17(15)21)18(13-29-20)14-6-8-16(9-7-14)28-19(22)23/h2-9,12-13,19H,10-11H2,1H3/b24-20?,25-12-. The van der Waals surface area contributed by atoms with Gasteiger partial charge in [0.25, 0.3) is 0 Å². The SMILES string of the molecule is COCCN=c1scc(-c2ccc(OC(F)F)cc2)n1/N=C\c1ccccc1F. The molecule has 3 aromatic rings. The van der Waals surface area contributed by atoms with Crippen molar-refractivity contribution >= 4 is 17.6 Å². The highest BCUT2D eigenvalue weighted by atomic mass is 32.1. The summed E-state index contributed by atoms with van der Waals surface area (Å²) in [6, 6.07) is 12.5. The van der Waals surface area contributed by atoms with Crippen LogP contribution in [0.2, 0.25) is 0 Å². The molecule has 0 aliphatic carbocycles. The van der Waals surface area contributed by atoms with Crippen LogP contribution in [0, 0.1) is 5.82 Å². The van der Waals surface area contributed by atoms with E-state index in [9.17, 15) is 13.2 Å². The van der Waals surface area contributed by atoms with E-state index in [0.29, 0.717) is 29.2 Å². The van der Waals surface area contributed by atoms with Crippen LogP contribution in [0.4, 0.5) is 13.2 Å². The summed E-state index contributed by atoms with van der Waals surface area (Å²) in [5.41, 5.74) is 1.74. The minimum atomic E-state index is -2.89. The van der Waals surface area contributed by atoms with E-state index in [4.69, 9.17) is 4.74 Å². The van der Waals surface area contributed by atoms with Gasteiger partial charge in [-0.15, -0.1) is 11.3 Å². The van der Waals surface area contributed by atoms with Crippen molar-refractivity contribution in [2.45, 2.75) is 6.61 Å². The second kappa shape index (κ2) is 10.0. The Hall–Kier alpha value is -2.91. The molecule has 0 aliphatic heterocycles. The Balaban J connectivity index is 1.99. The highest BCUT2D eigenvalue weighted by Crippen LogP contribution is 2.24. The Morgan fingerprint density at radius 1 is 1.14 bits per heavy atom. The third kappa shape index (κ3) is 5.55. The molecule has 0 aliphatic rings. The third-order valence-electron chi connectivity index (χ3n) is 3.82. The average molecular weight is 421 g/mol. The fourth-order valence-corrected chi connectivity index (χ4v) is 3.32. The second-order valence-corrected chi connectivity index (χ2v) is 6.60. The van der Waals surface area contributed by atoms with Crippen LogP contribution in [-0.2, 0) is 4.74 Å². The summed E-state index contributed by atoms with van der Waals surface area (Å²) in [6.07, 6.45) is 1.41. The van der Waals surface area contributed by atoms with Crippen molar-refractivity contribution in [1.29, 1.82) is 0 Å². The molecule has 0 N–H and O–H groups in total. The van der Waals surface area contributed by atoms with E-state index in [2.05, 4.69) is 14.8 Å². The smallest absolute Gasteiger partial charge is 0.387 e. The molecule has 1 heterocycles. The van der Waals surface area contributed by atoms with Crippen LogP contribution in [0.1, 0.15) is 5.56 Å². The fraction of sp³-hybridized carbons (Fsp3) is 0.200. The summed E-state index contributed by atoms with van der Waals surface area (Å²) in [5.74, 6) is -0.328. The van der Waals surface area contributed by atoms with Gasteiger partial charge in [0, 0.05) is 23.6 Å². The highest BCUT2D eigenvalue weighted by molar-refractivity contribution is 7.07. The molecule has 0 unspecified atom stereocenters. The first-order valence-corrected chi connectivity index (χ1v) is 9.50. The molecular weight excluding hydrogens is 403 g/mol. The van der Waals surface area contributed by atoms with Crippen molar-refractivity contribution in [2.75, 3.05) is 20.3 Å². The first-order valence-electron chi connectivity index (χ1n) is 8.62. The molecule has 0 atom stereocenters. The van der Waals surface area contributed by atoms with Crippen LogP contribution in [0.5, 0.6) is 5.75 Å². The van der Waals surface area contributed by atoms with Crippen LogP contribution >= 0.6 is 11.3 Å². The first kappa shape index (κ1) is 20.8. The van der Waals surface area contributed by atoms with E-state index < -0.39 is 6.61 Å². The van der Waals surface area contributed by atoms with Crippen molar-refractivity contribution in [3.05, 3.63) is 70.1 Å². The number of nitrogens with zero attached hydrogens (tertiary/aromatic N) is 3. The maximum Gasteiger partial charge on any atom is 0.387 e. The summed E-state index contributed by atoms with van der Waals surface area (Å²) < 4.78 is 49.6. The van der Waals surface area contributed by atoms with Gasteiger partial charge in [-0.1, -0.05) is 18.2 Å². The molecule has 0 bridgehead atoms. The summed E-state index contributed by atoms with van der Waals surface area (Å²) in [4.78, 5) is 5.05. The monoisotopic (exact) mass is 421 g/mol. The molecular formula is C20H18F3N3O2S. The van der Waals surface area contributed by atoms with Gasteiger partial charge in [0.05, 0.1) is 25.1 Å². The maximum atomic E-state index is 13.9. The Morgan fingerprint density at radius 2 is 1.90 bits per heavy atom. The molecule has 9 heteroatoms. The van der Waals surface area contributed by atoms with Gasteiger partial charge in [-0.2, -0.15) is 13.9 Å². The normalized spacial score (nSPS) is 12.2. The van der Waals surface area contributed by atoms with Gasteiger partial charge in [-0.25, -0.2) is 9.07 Å². The third-order valence-corrected chi connectivity index (χ3v) is 4.67. The molecule has 2 aromatic carbocycles. The molecule has 0 spiro atoms. The van der Waals surface area contributed by atoms with Crippen LogP contribution in [0.25, 0.3) is 11.3 Å². The lowest BCUT2D eigenvalue weighted by atomic mass is 10.2. The van der Waals surface area contributed by atoms with E-state index in [1.807, 2.05) is 5.38 Å². The summed E-state index contributed by atoms with van der Waals surface area (Å²) in [5, 5.41) is 6.24. The van der Waals surface area contributed by atoms with E-state index in [1.54, 1.807) is 42.1 Å². The van der Waals surface area contributed by atoms with Crippen LogP contribution in [0.15, 0.2) is 64.0 Å². The Bertz CT molecular complexity index is 1030. The van der Waals surface area contributed by atoms with Gasteiger partial charge in [0.15, 0.2) is 0 Å². The lowest BCUT2D eigenvalue weighted by Gasteiger charge is -2.07. The maximum absolute atomic E-state index is 13.9. The van der Waals surface area contributed by atoms with Crippen molar-refractivity contribution < 1.29 is 22.6 Å². The molecule has 1 aromatic heterocycles. The zero-order valence-corrected chi connectivity index (χ0v) is 16.3. The van der Waals surface area contributed by atoms with E-state index in [-0.39, 0.29) is 11.6 Å². The second-order valence-electron chi connectivity index (χ2n) is 5.76. The molecule has 0 amide bonds. The summed E-state index contributed by atoms with van der Waals surface area (Å²) >= 11 is 1.36. The number of ether oxygens (including phenoxy) is 2. The van der Waals surface area contributed by atoms with Gasteiger partial charge in [0.2, 0.25) is 4.80 Å². The number of methoxy groups -OCH3 is 1. The Morgan fingerprint density at radius 3 is 2.59 bits per heavy atom. The van der Waals surface area contributed by atoms with Crippen LogP contribution in [0.3, 0.4) is 0 Å². The first-order chi connectivity index (χ1) is 14.1. The number of hydrogen-bond acceptors (Lipinski definition) is 5. The number of halogens is 3. The highest BCUT2D eigenvalue weighted by Gasteiger charge is 2.10. The van der Waals surface area contributed by atoms with Crippen LogP contribution < -0.4 is 9.54 Å². The number of thiazole rings is 1. The summed E-state index contributed by atoms with van der Waals surface area (Å²) in [7, 11) is 1.59. The quantitative estimate of drug-likeness (QED) is 0.400. The molecule has 0 saturated carbocycles. The van der Waals surface area contributed by atoms with Crippen molar-refractivity contribution in [2.24, 2.45) is 10.1 Å². The molecule has 0 radical (unpaired) electrons. The number of alkyl halides is 2. The number of aromatic nitrogens is 1. The Labute approximate surface area is 169 Å². The molecule has 3 rings (SSSR count).